The molecule has 5 heteroatoms. The van der Waals surface area contributed by atoms with E-state index in [1.807, 2.05) is 6.07 Å². The summed E-state index contributed by atoms with van der Waals surface area (Å²) < 4.78 is 37.3. The molecule has 0 aliphatic rings. The molecule has 0 spiro atoms. The fourth-order valence-electron chi connectivity index (χ4n) is 1.83. The number of benzene rings is 2. The van der Waals surface area contributed by atoms with Crippen LogP contribution < -0.4 is 0 Å². The van der Waals surface area contributed by atoms with E-state index in [1.54, 1.807) is 18.2 Å². The van der Waals surface area contributed by atoms with Crippen molar-refractivity contribution >= 4 is 0 Å². The molecule has 0 fully saturated rings. The highest BCUT2D eigenvalue weighted by Crippen LogP contribution is 2.31. The van der Waals surface area contributed by atoms with Crippen LogP contribution >= 0.6 is 0 Å². The Bertz CT molecular complexity index is 641. The van der Waals surface area contributed by atoms with Gasteiger partial charge in [-0.15, -0.1) is 0 Å². The summed E-state index contributed by atoms with van der Waals surface area (Å²) in [6, 6.07) is 12.6. The van der Waals surface area contributed by atoms with Crippen LogP contribution in [0, 0.1) is 11.3 Å². The van der Waals surface area contributed by atoms with Gasteiger partial charge in [0, 0.05) is 0 Å². The molecule has 2 aromatic carbocycles. The Labute approximate surface area is 113 Å². The number of hydrogen-bond donors (Lipinski definition) is 1. The maximum absolute atomic E-state index is 12.4. The molecule has 0 amide bonds. The summed E-state index contributed by atoms with van der Waals surface area (Å²) >= 11 is 0. The highest BCUT2D eigenvalue weighted by Gasteiger charge is 2.30. The van der Waals surface area contributed by atoms with Gasteiger partial charge in [0.2, 0.25) is 0 Å². The molecule has 0 aromatic heterocycles. The van der Waals surface area contributed by atoms with E-state index in [0.29, 0.717) is 16.7 Å². The third-order valence-corrected chi connectivity index (χ3v) is 2.89. The summed E-state index contributed by atoms with van der Waals surface area (Å²) in [6.07, 6.45) is -5.46. The molecule has 0 aliphatic carbocycles. The molecule has 20 heavy (non-hydrogen) atoms. The second-order valence-corrected chi connectivity index (χ2v) is 4.26. The average Bonchev–Trinajstić information content (AvgIpc) is 2.46. The van der Waals surface area contributed by atoms with Crippen LogP contribution in [0.2, 0.25) is 0 Å². The Balaban J connectivity index is 2.29. The first-order valence-electron chi connectivity index (χ1n) is 5.77. The van der Waals surface area contributed by atoms with Gasteiger partial charge in [0.1, 0.15) is 6.10 Å². The predicted octanol–water partition coefficient (Wildman–Crippen LogP) is 3.66. The monoisotopic (exact) mass is 277 g/mol. The molecule has 2 nitrogen and oxygen atoms in total. The van der Waals surface area contributed by atoms with Crippen LogP contribution in [0.5, 0.6) is 0 Å². The number of aliphatic hydroxyl groups excluding tert-OH is 1. The zero-order valence-electron chi connectivity index (χ0n) is 10.2. The lowest BCUT2D eigenvalue weighted by Gasteiger charge is -2.13. The summed E-state index contributed by atoms with van der Waals surface area (Å²) in [6.45, 7) is 0. The van der Waals surface area contributed by atoms with Crippen LogP contribution in [0.15, 0.2) is 48.5 Å². The zero-order valence-corrected chi connectivity index (χ0v) is 10.2. The lowest BCUT2D eigenvalue weighted by Crippen LogP contribution is -2.06. The van der Waals surface area contributed by atoms with E-state index in [4.69, 9.17) is 5.26 Å². The zero-order chi connectivity index (χ0) is 14.8. The molecule has 102 valence electrons. The van der Waals surface area contributed by atoms with Gasteiger partial charge >= 0.3 is 6.18 Å². The number of aliphatic hydroxyl groups is 1. The van der Waals surface area contributed by atoms with Crippen LogP contribution in [-0.2, 0) is 6.18 Å². The van der Waals surface area contributed by atoms with Crippen molar-refractivity contribution in [2.24, 2.45) is 0 Å². The van der Waals surface area contributed by atoms with Crippen molar-refractivity contribution in [1.29, 1.82) is 5.26 Å². The van der Waals surface area contributed by atoms with Gasteiger partial charge in [-0.25, -0.2) is 0 Å². The largest absolute Gasteiger partial charge is 0.416 e. The maximum atomic E-state index is 12.4. The first-order chi connectivity index (χ1) is 9.41. The van der Waals surface area contributed by atoms with Crippen molar-refractivity contribution in [3.05, 3.63) is 70.8 Å². The lowest BCUT2D eigenvalue weighted by atomic mass is 9.99. The van der Waals surface area contributed by atoms with Crippen molar-refractivity contribution in [2.45, 2.75) is 12.3 Å². The maximum Gasteiger partial charge on any atom is 0.416 e. The summed E-state index contributed by atoms with van der Waals surface area (Å²) in [5.74, 6) is 0. The Hall–Kier alpha value is -2.32. The van der Waals surface area contributed by atoms with E-state index in [1.165, 1.54) is 18.2 Å². The fraction of sp³-hybridized carbons (Fsp3) is 0.133. The van der Waals surface area contributed by atoms with Crippen molar-refractivity contribution in [3.63, 3.8) is 0 Å². The van der Waals surface area contributed by atoms with Gasteiger partial charge in [-0.2, -0.15) is 18.4 Å². The normalized spacial score (nSPS) is 12.8. The van der Waals surface area contributed by atoms with Crippen molar-refractivity contribution in [2.75, 3.05) is 0 Å². The number of rotatable bonds is 2. The molecule has 2 aromatic rings. The predicted molar refractivity (Wildman–Crippen MR) is 66.7 cm³/mol. The van der Waals surface area contributed by atoms with Crippen LogP contribution in [-0.4, -0.2) is 5.11 Å². The molecular formula is C15H10F3NO. The quantitative estimate of drug-likeness (QED) is 0.910. The van der Waals surface area contributed by atoms with Crippen LogP contribution in [0.25, 0.3) is 0 Å². The van der Waals surface area contributed by atoms with Crippen LogP contribution in [0.3, 0.4) is 0 Å². The Kier molecular flexibility index (Phi) is 3.77. The van der Waals surface area contributed by atoms with Gasteiger partial charge in [0.15, 0.2) is 0 Å². The molecule has 0 bridgehead atoms. The van der Waals surface area contributed by atoms with Gasteiger partial charge in [0.25, 0.3) is 0 Å². The number of halogens is 3. The molecular weight excluding hydrogens is 267 g/mol. The summed E-state index contributed by atoms with van der Waals surface area (Å²) in [4.78, 5) is 0. The number of nitrogens with zero attached hydrogens (tertiary/aromatic N) is 1. The SMILES string of the molecule is N#Cc1cccc(C(O)c2ccc(C(F)(F)F)cc2)c1. The molecule has 1 atom stereocenters. The Morgan fingerprint density at radius 1 is 1.00 bits per heavy atom. The first kappa shape index (κ1) is 14.1. The van der Waals surface area contributed by atoms with E-state index in [0.717, 1.165) is 12.1 Å². The third kappa shape index (κ3) is 2.98. The first-order valence-corrected chi connectivity index (χ1v) is 5.77. The topological polar surface area (TPSA) is 44.0 Å². The third-order valence-electron chi connectivity index (χ3n) is 2.89. The van der Waals surface area contributed by atoms with E-state index >= 15 is 0 Å². The highest BCUT2D eigenvalue weighted by atomic mass is 19.4. The minimum Gasteiger partial charge on any atom is -0.384 e. The molecule has 0 saturated carbocycles. The molecule has 2 rings (SSSR count). The summed E-state index contributed by atoms with van der Waals surface area (Å²) in [7, 11) is 0. The standard InChI is InChI=1S/C15H10F3NO/c16-15(17,18)13-6-4-11(5-7-13)14(20)12-3-1-2-10(8-12)9-19/h1-8,14,20H. The van der Waals surface area contributed by atoms with E-state index in [2.05, 4.69) is 0 Å². The van der Waals surface area contributed by atoms with Crippen LogP contribution in [0.1, 0.15) is 28.4 Å². The van der Waals surface area contributed by atoms with Gasteiger partial charge in [-0.05, 0) is 35.4 Å². The Morgan fingerprint density at radius 2 is 1.65 bits per heavy atom. The van der Waals surface area contributed by atoms with Crippen LogP contribution in [0.4, 0.5) is 13.2 Å². The summed E-state index contributed by atoms with van der Waals surface area (Å²) in [5.41, 5.74) is 0.421. The van der Waals surface area contributed by atoms with Gasteiger partial charge in [0.05, 0.1) is 17.2 Å². The molecule has 1 unspecified atom stereocenters. The molecule has 0 radical (unpaired) electrons. The number of hydrogen-bond acceptors (Lipinski definition) is 2. The van der Waals surface area contributed by atoms with Gasteiger partial charge < -0.3 is 5.11 Å². The second-order valence-electron chi connectivity index (χ2n) is 4.26. The molecule has 0 aliphatic heterocycles. The minimum atomic E-state index is -4.40. The molecule has 0 saturated heterocycles. The van der Waals surface area contributed by atoms with Crippen molar-refractivity contribution in [1.82, 2.24) is 0 Å². The molecule has 1 N–H and O–H groups in total. The van der Waals surface area contributed by atoms with E-state index in [-0.39, 0.29) is 0 Å². The average molecular weight is 277 g/mol. The van der Waals surface area contributed by atoms with Gasteiger partial charge in [-0.1, -0.05) is 24.3 Å². The smallest absolute Gasteiger partial charge is 0.384 e. The highest BCUT2D eigenvalue weighted by molar-refractivity contribution is 5.38. The number of nitriles is 1. The van der Waals surface area contributed by atoms with Crippen molar-refractivity contribution < 1.29 is 18.3 Å². The number of alkyl halides is 3. The Morgan fingerprint density at radius 3 is 2.20 bits per heavy atom. The van der Waals surface area contributed by atoms with E-state index < -0.39 is 17.8 Å². The molecule has 0 heterocycles. The second kappa shape index (κ2) is 5.35. The van der Waals surface area contributed by atoms with Gasteiger partial charge in [-0.3, -0.25) is 0 Å². The summed E-state index contributed by atoms with van der Waals surface area (Å²) in [5, 5.41) is 18.9. The fourth-order valence-corrected chi connectivity index (χ4v) is 1.83. The lowest BCUT2D eigenvalue weighted by molar-refractivity contribution is -0.137. The minimum absolute atomic E-state index is 0.341. The van der Waals surface area contributed by atoms with E-state index in [9.17, 15) is 18.3 Å². The van der Waals surface area contributed by atoms with Crippen molar-refractivity contribution in [3.8, 4) is 6.07 Å².